The third-order valence-corrected chi connectivity index (χ3v) is 2.61. The topological polar surface area (TPSA) is 80.6 Å². The lowest BCUT2D eigenvalue weighted by Gasteiger charge is -2.20. The molecule has 0 saturated carbocycles. The Balaban J connectivity index is 2.47. The zero-order valence-corrected chi connectivity index (χ0v) is 12.1. The number of alkyl carbamates (subject to hydrolysis) is 1. The van der Waals surface area contributed by atoms with Crippen molar-refractivity contribution in [3.8, 4) is 0 Å². The molecule has 6 heteroatoms. The van der Waals surface area contributed by atoms with E-state index in [1.165, 1.54) is 6.26 Å². The van der Waals surface area contributed by atoms with Crippen LogP contribution in [0.25, 0.3) is 0 Å². The van der Waals surface area contributed by atoms with Crippen molar-refractivity contribution in [1.82, 2.24) is 10.6 Å². The summed E-state index contributed by atoms with van der Waals surface area (Å²) in [5, 5.41) is 5.48. The molecule has 2 amide bonds. The fraction of sp³-hybridized carbons (Fsp3) is 0.571. The molecule has 1 rings (SSSR count). The van der Waals surface area contributed by atoms with Crippen molar-refractivity contribution < 1.29 is 18.7 Å². The maximum absolute atomic E-state index is 11.8. The van der Waals surface area contributed by atoms with Crippen molar-refractivity contribution in [1.29, 1.82) is 0 Å². The van der Waals surface area contributed by atoms with Crippen molar-refractivity contribution in [3.05, 3.63) is 24.2 Å². The highest BCUT2D eigenvalue weighted by Crippen LogP contribution is 2.05. The second kappa shape index (κ2) is 8.24. The molecule has 1 heterocycles. The first kappa shape index (κ1) is 16.1. The van der Waals surface area contributed by atoms with E-state index in [1.807, 2.05) is 13.8 Å². The van der Waals surface area contributed by atoms with Gasteiger partial charge < -0.3 is 19.8 Å². The molecule has 6 nitrogen and oxygen atoms in total. The van der Waals surface area contributed by atoms with Crippen LogP contribution in [0, 0.1) is 5.92 Å². The molecule has 0 aliphatic carbocycles. The van der Waals surface area contributed by atoms with Crippen LogP contribution in [-0.2, 0) is 4.74 Å². The van der Waals surface area contributed by atoms with E-state index in [1.54, 1.807) is 19.1 Å². The Morgan fingerprint density at radius 3 is 2.70 bits per heavy atom. The minimum Gasteiger partial charge on any atom is -0.459 e. The Bertz CT molecular complexity index is 415. The first-order valence-electron chi connectivity index (χ1n) is 6.77. The van der Waals surface area contributed by atoms with Crippen molar-refractivity contribution in [2.24, 2.45) is 5.92 Å². The predicted octanol–water partition coefficient (Wildman–Crippen LogP) is 2.17. The Labute approximate surface area is 118 Å². The van der Waals surface area contributed by atoms with Gasteiger partial charge in [-0.1, -0.05) is 13.8 Å². The van der Waals surface area contributed by atoms with Crippen molar-refractivity contribution in [3.63, 3.8) is 0 Å². The van der Waals surface area contributed by atoms with Crippen molar-refractivity contribution >= 4 is 12.0 Å². The summed E-state index contributed by atoms with van der Waals surface area (Å²) in [6.07, 6.45) is 1.72. The maximum atomic E-state index is 11.8. The molecule has 0 unspecified atom stereocenters. The molecule has 1 aromatic rings. The van der Waals surface area contributed by atoms with E-state index >= 15 is 0 Å². The quantitative estimate of drug-likeness (QED) is 0.803. The first-order valence-corrected chi connectivity index (χ1v) is 6.77. The number of carbonyl (C=O) groups is 2. The number of ether oxygens (including phenoxy) is 1. The van der Waals surface area contributed by atoms with Gasteiger partial charge in [0.1, 0.15) is 0 Å². The van der Waals surface area contributed by atoms with Gasteiger partial charge in [-0.3, -0.25) is 4.79 Å². The van der Waals surface area contributed by atoms with Gasteiger partial charge in [-0.15, -0.1) is 0 Å². The highest BCUT2D eigenvalue weighted by atomic mass is 16.5. The van der Waals surface area contributed by atoms with Crippen LogP contribution >= 0.6 is 0 Å². The smallest absolute Gasteiger partial charge is 0.407 e. The molecule has 0 fully saturated rings. The molecular formula is C14H22N2O4. The van der Waals surface area contributed by atoms with E-state index in [0.29, 0.717) is 19.1 Å². The fourth-order valence-corrected chi connectivity index (χ4v) is 1.81. The molecule has 0 saturated heterocycles. The molecule has 0 spiro atoms. The van der Waals surface area contributed by atoms with Gasteiger partial charge in [0.15, 0.2) is 5.76 Å². The van der Waals surface area contributed by atoms with Gasteiger partial charge in [-0.2, -0.15) is 0 Å². The van der Waals surface area contributed by atoms with E-state index in [-0.39, 0.29) is 17.7 Å². The second-order valence-electron chi connectivity index (χ2n) is 4.88. The fourth-order valence-electron chi connectivity index (χ4n) is 1.81. The molecule has 0 aromatic carbocycles. The summed E-state index contributed by atoms with van der Waals surface area (Å²) >= 11 is 0. The average Bonchev–Trinajstić information content (AvgIpc) is 2.89. The van der Waals surface area contributed by atoms with Crippen LogP contribution in [0.4, 0.5) is 4.79 Å². The average molecular weight is 282 g/mol. The van der Waals surface area contributed by atoms with Crippen LogP contribution in [0.5, 0.6) is 0 Å². The van der Waals surface area contributed by atoms with Gasteiger partial charge in [-0.05, 0) is 31.4 Å². The Morgan fingerprint density at radius 1 is 1.40 bits per heavy atom. The summed E-state index contributed by atoms with van der Waals surface area (Å²) in [5.74, 6) is 0.348. The van der Waals surface area contributed by atoms with Crippen LogP contribution in [-0.4, -0.2) is 31.2 Å². The second-order valence-corrected chi connectivity index (χ2v) is 4.88. The number of amides is 2. The van der Waals surface area contributed by atoms with Gasteiger partial charge >= 0.3 is 6.09 Å². The Kier molecular flexibility index (Phi) is 6.63. The molecule has 0 aliphatic heterocycles. The lowest BCUT2D eigenvalue weighted by Crippen LogP contribution is -2.44. The highest BCUT2D eigenvalue weighted by molar-refractivity contribution is 5.91. The number of hydrogen-bond acceptors (Lipinski definition) is 4. The largest absolute Gasteiger partial charge is 0.459 e. The molecule has 2 N–H and O–H groups in total. The van der Waals surface area contributed by atoms with E-state index in [0.717, 1.165) is 6.42 Å². The lowest BCUT2D eigenvalue weighted by molar-refractivity contribution is 0.0917. The van der Waals surface area contributed by atoms with E-state index in [9.17, 15) is 9.59 Å². The van der Waals surface area contributed by atoms with Gasteiger partial charge in [0.2, 0.25) is 0 Å². The molecular weight excluding hydrogens is 260 g/mol. The number of carbonyl (C=O) groups excluding carboxylic acids is 2. The normalized spacial score (nSPS) is 12.0. The number of nitrogens with one attached hydrogen (secondary N) is 2. The van der Waals surface area contributed by atoms with Crippen molar-refractivity contribution in [2.75, 3.05) is 13.2 Å². The maximum Gasteiger partial charge on any atom is 0.407 e. The van der Waals surface area contributed by atoms with E-state index in [2.05, 4.69) is 10.6 Å². The molecule has 20 heavy (non-hydrogen) atoms. The summed E-state index contributed by atoms with van der Waals surface area (Å²) in [6.45, 7) is 6.49. The molecule has 0 bridgehead atoms. The van der Waals surface area contributed by atoms with Crippen LogP contribution in [0.1, 0.15) is 37.7 Å². The third kappa shape index (κ3) is 5.77. The first-order chi connectivity index (χ1) is 9.52. The molecule has 112 valence electrons. The third-order valence-electron chi connectivity index (χ3n) is 2.61. The van der Waals surface area contributed by atoms with E-state index < -0.39 is 6.09 Å². The molecule has 1 aromatic heterocycles. The molecule has 0 aliphatic rings. The zero-order chi connectivity index (χ0) is 15.0. The van der Waals surface area contributed by atoms with Gasteiger partial charge in [0.25, 0.3) is 5.91 Å². The minimum atomic E-state index is -0.467. The van der Waals surface area contributed by atoms with Gasteiger partial charge in [-0.25, -0.2) is 4.79 Å². The van der Waals surface area contributed by atoms with Gasteiger partial charge in [0.05, 0.1) is 12.9 Å². The minimum absolute atomic E-state index is 0.173. The number of hydrogen-bond donors (Lipinski definition) is 2. The lowest BCUT2D eigenvalue weighted by atomic mass is 10.0. The van der Waals surface area contributed by atoms with Crippen LogP contribution in [0.3, 0.4) is 0 Å². The van der Waals surface area contributed by atoms with Crippen LogP contribution in [0.15, 0.2) is 22.8 Å². The van der Waals surface area contributed by atoms with Crippen LogP contribution < -0.4 is 10.6 Å². The summed E-state index contributed by atoms with van der Waals surface area (Å²) in [7, 11) is 0. The molecule has 0 radical (unpaired) electrons. The standard InChI is InChI=1S/C14H22N2O4/c1-4-19-14(18)16-11(8-10(2)3)9-15-13(17)12-6-5-7-20-12/h5-7,10-11H,4,8-9H2,1-3H3,(H,15,17)(H,16,18)/t11-/m1/s1. The van der Waals surface area contributed by atoms with Gasteiger partial charge in [0, 0.05) is 12.6 Å². The van der Waals surface area contributed by atoms with Crippen molar-refractivity contribution in [2.45, 2.75) is 33.2 Å². The summed E-state index contributed by atoms with van der Waals surface area (Å²) in [4.78, 5) is 23.2. The number of furan rings is 1. The Morgan fingerprint density at radius 2 is 2.15 bits per heavy atom. The summed E-state index contributed by atoms with van der Waals surface area (Å²) in [5.41, 5.74) is 0. The predicted molar refractivity (Wildman–Crippen MR) is 74.4 cm³/mol. The zero-order valence-electron chi connectivity index (χ0n) is 12.1. The molecule has 1 atom stereocenters. The Hall–Kier alpha value is -1.98. The SMILES string of the molecule is CCOC(=O)N[C@@H](CNC(=O)c1ccco1)CC(C)C. The van der Waals surface area contributed by atoms with Crippen LogP contribution in [0.2, 0.25) is 0 Å². The van der Waals surface area contributed by atoms with E-state index in [4.69, 9.17) is 9.15 Å². The monoisotopic (exact) mass is 282 g/mol. The highest BCUT2D eigenvalue weighted by Gasteiger charge is 2.17. The summed E-state index contributed by atoms with van der Waals surface area (Å²) in [6, 6.07) is 3.07. The number of rotatable bonds is 7. The summed E-state index contributed by atoms with van der Waals surface area (Å²) < 4.78 is 9.86.